The van der Waals surface area contributed by atoms with Gasteiger partial charge in [0.2, 0.25) is 0 Å². The van der Waals surface area contributed by atoms with Crippen LogP contribution in [0.3, 0.4) is 0 Å². The van der Waals surface area contributed by atoms with Crippen molar-refractivity contribution in [3.05, 3.63) is 35.8 Å². The topological polar surface area (TPSA) is 55.9 Å². The van der Waals surface area contributed by atoms with E-state index < -0.39 is 0 Å². The molecule has 1 unspecified atom stereocenters. The summed E-state index contributed by atoms with van der Waals surface area (Å²) in [6, 6.07) is 5.50. The van der Waals surface area contributed by atoms with E-state index in [4.69, 9.17) is 9.73 Å². The van der Waals surface area contributed by atoms with E-state index in [2.05, 4.69) is 27.0 Å². The van der Waals surface area contributed by atoms with Gasteiger partial charge >= 0.3 is 0 Å². The quantitative estimate of drug-likeness (QED) is 0.610. The molecule has 2 aromatic rings. The van der Waals surface area contributed by atoms with Crippen molar-refractivity contribution < 1.29 is 9.13 Å². The number of aliphatic imine (C=N–C) groups is 1. The lowest BCUT2D eigenvalue weighted by Gasteiger charge is -2.32. The van der Waals surface area contributed by atoms with Crippen LogP contribution >= 0.6 is 0 Å². The lowest BCUT2D eigenvalue weighted by atomic mass is 10.1. The number of nitrogens with zero attached hydrogens (tertiary/aromatic N) is 3. The lowest BCUT2D eigenvalue weighted by Crippen LogP contribution is -2.46. The highest BCUT2D eigenvalue weighted by molar-refractivity contribution is 5.83. The van der Waals surface area contributed by atoms with Gasteiger partial charge in [0.25, 0.3) is 0 Å². The van der Waals surface area contributed by atoms with Gasteiger partial charge in [0.05, 0.1) is 13.2 Å². The molecular formula is C21H30FN5O. The Labute approximate surface area is 165 Å². The van der Waals surface area contributed by atoms with Crippen LogP contribution in [0.5, 0.6) is 0 Å². The normalized spacial score (nSPS) is 21.6. The van der Waals surface area contributed by atoms with Crippen LogP contribution < -0.4 is 5.32 Å². The maximum Gasteiger partial charge on any atom is 0.193 e. The molecule has 28 heavy (non-hydrogen) atoms. The van der Waals surface area contributed by atoms with E-state index in [0.717, 1.165) is 69.2 Å². The average molecular weight is 388 g/mol. The molecule has 0 spiro atoms. The first kappa shape index (κ1) is 19.2. The Balaban J connectivity index is 1.37. The number of hydrogen-bond donors (Lipinski definition) is 2. The number of fused-ring (bicyclic) bond motifs is 1. The minimum Gasteiger partial charge on any atom is -0.379 e. The Morgan fingerprint density at radius 3 is 3.00 bits per heavy atom. The summed E-state index contributed by atoms with van der Waals surface area (Å²) in [5.74, 6) is 0.793. The summed E-state index contributed by atoms with van der Waals surface area (Å²) in [4.78, 5) is 13.0. The molecule has 0 aliphatic carbocycles. The predicted octanol–water partition coefficient (Wildman–Crippen LogP) is 2.22. The maximum atomic E-state index is 13.4. The Bertz CT molecular complexity index is 814. The molecule has 2 aliphatic heterocycles. The molecule has 4 rings (SSSR count). The van der Waals surface area contributed by atoms with Crippen molar-refractivity contribution in [3.63, 3.8) is 0 Å². The SMILES string of the molecule is CCNC(=NCCc1c[nH]c2cc(F)ccc12)N1CCC(N2CCOCC2)C1. The van der Waals surface area contributed by atoms with Gasteiger partial charge < -0.3 is 19.9 Å². The van der Waals surface area contributed by atoms with E-state index in [-0.39, 0.29) is 5.82 Å². The highest BCUT2D eigenvalue weighted by atomic mass is 19.1. The Hall–Kier alpha value is -2.12. The van der Waals surface area contributed by atoms with Gasteiger partial charge in [0, 0.05) is 62.4 Å². The monoisotopic (exact) mass is 387 g/mol. The van der Waals surface area contributed by atoms with Gasteiger partial charge in [-0.2, -0.15) is 0 Å². The first-order valence-corrected chi connectivity index (χ1v) is 10.3. The summed E-state index contributed by atoms with van der Waals surface area (Å²) >= 11 is 0. The molecule has 0 bridgehead atoms. The number of morpholine rings is 1. The Kier molecular flexibility index (Phi) is 6.12. The number of guanidine groups is 1. The van der Waals surface area contributed by atoms with E-state index >= 15 is 0 Å². The van der Waals surface area contributed by atoms with Gasteiger partial charge in [-0.25, -0.2) is 4.39 Å². The van der Waals surface area contributed by atoms with Crippen molar-refractivity contribution in [1.82, 2.24) is 20.1 Å². The molecule has 1 aromatic carbocycles. The fraction of sp³-hybridized carbons (Fsp3) is 0.571. The Morgan fingerprint density at radius 2 is 2.18 bits per heavy atom. The van der Waals surface area contributed by atoms with Gasteiger partial charge in [0.15, 0.2) is 5.96 Å². The number of halogens is 1. The minimum atomic E-state index is -0.211. The van der Waals surface area contributed by atoms with Gasteiger partial charge in [-0.15, -0.1) is 0 Å². The highest BCUT2D eigenvalue weighted by Gasteiger charge is 2.30. The lowest BCUT2D eigenvalue weighted by molar-refractivity contribution is 0.0195. The maximum absolute atomic E-state index is 13.4. The standard InChI is InChI=1S/C21H30FN5O/c1-2-23-21(27-8-6-18(15-27)26-9-11-28-12-10-26)24-7-5-16-14-25-20-13-17(22)3-4-19(16)20/h3-4,13-14,18,25H,2,5-12,15H2,1H3,(H,23,24). The van der Waals surface area contributed by atoms with Gasteiger partial charge in [-0.3, -0.25) is 9.89 Å². The number of benzene rings is 1. The fourth-order valence-corrected chi connectivity index (χ4v) is 4.25. The van der Waals surface area contributed by atoms with E-state index in [0.29, 0.717) is 12.6 Å². The summed E-state index contributed by atoms with van der Waals surface area (Å²) < 4.78 is 18.8. The molecule has 1 aromatic heterocycles. The number of rotatable bonds is 5. The largest absolute Gasteiger partial charge is 0.379 e. The number of H-pyrrole nitrogens is 1. The van der Waals surface area contributed by atoms with Crippen LogP contribution in [0.4, 0.5) is 4.39 Å². The second-order valence-electron chi connectivity index (χ2n) is 7.53. The molecule has 152 valence electrons. The zero-order valence-corrected chi connectivity index (χ0v) is 16.6. The van der Waals surface area contributed by atoms with Crippen molar-refractivity contribution in [2.24, 2.45) is 4.99 Å². The molecule has 6 nitrogen and oxygen atoms in total. The molecule has 7 heteroatoms. The first-order chi connectivity index (χ1) is 13.7. The third kappa shape index (κ3) is 4.31. The number of hydrogen-bond acceptors (Lipinski definition) is 3. The van der Waals surface area contributed by atoms with Gasteiger partial charge in [-0.05, 0) is 43.5 Å². The van der Waals surface area contributed by atoms with E-state index in [1.807, 2.05) is 12.3 Å². The molecule has 0 saturated carbocycles. The second-order valence-corrected chi connectivity index (χ2v) is 7.53. The van der Waals surface area contributed by atoms with E-state index in [1.54, 1.807) is 6.07 Å². The van der Waals surface area contributed by atoms with Crippen molar-refractivity contribution >= 4 is 16.9 Å². The number of ether oxygens (including phenoxy) is 1. The molecule has 3 heterocycles. The van der Waals surface area contributed by atoms with Crippen molar-refractivity contribution in [1.29, 1.82) is 0 Å². The summed E-state index contributed by atoms with van der Waals surface area (Å²) in [6.07, 6.45) is 3.98. The van der Waals surface area contributed by atoms with E-state index in [9.17, 15) is 4.39 Å². The third-order valence-corrected chi connectivity index (χ3v) is 5.73. The van der Waals surface area contributed by atoms with Crippen LogP contribution in [-0.2, 0) is 11.2 Å². The van der Waals surface area contributed by atoms with Crippen molar-refractivity contribution in [2.75, 3.05) is 52.5 Å². The summed E-state index contributed by atoms with van der Waals surface area (Å²) in [7, 11) is 0. The van der Waals surface area contributed by atoms with Crippen LogP contribution in [0.25, 0.3) is 10.9 Å². The summed E-state index contributed by atoms with van der Waals surface area (Å²) in [6.45, 7) is 9.52. The minimum absolute atomic E-state index is 0.211. The Morgan fingerprint density at radius 1 is 1.32 bits per heavy atom. The number of aromatic nitrogens is 1. The smallest absolute Gasteiger partial charge is 0.193 e. The second kappa shape index (κ2) is 8.92. The molecule has 2 aliphatic rings. The van der Waals surface area contributed by atoms with Crippen molar-refractivity contribution in [3.8, 4) is 0 Å². The molecule has 1 atom stereocenters. The number of aromatic amines is 1. The summed E-state index contributed by atoms with van der Waals surface area (Å²) in [5, 5.41) is 4.53. The molecular weight excluding hydrogens is 357 g/mol. The molecule has 0 radical (unpaired) electrons. The van der Waals surface area contributed by atoms with Crippen LogP contribution in [0.2, 0.25) is 0 Å². The fourth-order valence-electron chi connectivity index (χ4n) is 4.25. The average Bonchev–Trinajstić information content (AvgIpc) is 3.35. The third-order valence-electron chi connectivity index (χ3n) is 5.73. The zero-order chi connectivity index (χ0) is 19.3. The van der Waals surface area contributed by atoms with Gasteiger partial charge in [-0.1, -0.05) is 0 Å². The summed E-state index contributed by atoms with van der Waals surface area (Å²) in [5.41, 5.74) is 2.03. The predicted molar refractivity (Wildman–Crippen MR) is 110 cm³/mol. The molecule has 0 amide bonds. The van der Waals surface area contributed by atoms with Crippen LogP contribution in [0.15, 0.2) is 29.4 Å². The molecule has 2 N–H and O–H groups in total. The molecule has 2 saturated heterocycles. The van der Waals surface area contributed by atoms with E-state index in [1.165, 1.54) is 18.1 Å². The zero-order valence-electron chi connectivity index (χ0n) is 16.6. The molecule has 2 fully saturated rings. The van der Waals surface area contributed by atoms with Crippen molar-refractivity contribution in [2.45, 2.75) is 25.8 Å². The highest BCUT2D eigenvalue weighted by Crippen LogP contribution is 2.20. The van der Waals surface area contributed by atoms with Gasteiger partial charge in [0.1, 0.15) is 5.82 Å². The number of likely N-dealkylation sites (tertiary alicyclic amines) is 1. The van der Waals surface area contributed by atoms with Crippen LogP contribution in [0, 0.1) is 5.82 Å². The first-order valence-electron chi connectivity index (χ1n) is 10.3. The van der Waals surface area contributed by atoms with Crippen LogP contribution in [-0.4, -0.2) is 79.3 Å². The number of nitrogens with one attached hydrogen (secondary N) is 2. The van der Waals surface area contributed by atoms with Crippen LogP contribution in [0.1, 0.15) is 18.9 Å².